The van der Waals surface area contributed by atoms with Gasteiger partial charge in [0, 0.05) is 40.7 Å². The second-order valence-corrected chi connectivity index (χ2v) is 3.91. The molecule has 0 amide bonds. The Balaban J connectivity index is 2.57. The van der Waals surface area contributed by atoms with E-state index in [2.05, 4.69) is 4.98 Å². The van der Waals surface area contributed by atoms with Gasteiger partial charge in [0.15, 0.2) is 0 Å². The molecule has 0 saturated carbocycles. The minimum Gasteiger partial charge on any atom is -0.361 e. The number of H-pyrrole nitrogens is 1. The van der Waals surface area contributed by atoms with Crippen LogP contribution in [0.1, 0.15) is 12.5 Å². The van der Waals surface area contributed by atoms with Crippen molar-refractivity contribution in [2.45, 2.75) is 6.92 Å². The van der Waals surface area contributed by atoms with Crippen LogP contribution in [-0.4, -0.2) is 9.91 Å². The SMILES string of the molecule is CC(=Cc1c[nH]c2ccc(Cl)cc12)[N+](=O)[O-]. The highest BCUT2D eigenvalue weighted by molar-refractivity contribution is 6.31. The van der Waals surface area contributed by atoms with E-state index in [-0.39, 0.29) is 5.70 Å². The molecule has 2 aromatic rings. The van der Waals surface area contributed by atoms with Crippen LogP contribution in [0.2, 0.25) is 5.02 Å². The fraction of sp³-hybridized carbons (Fsp3) is 0.0909. The number of aromatic amines is 1. The number of hydrogen-bond donors (Lipinski definition) is 1. The third-order valence-electron chi connectivity index (χ3n) is 2.33. The number of fused-ring (bicyclic) bond motifs is 1. The lowest BCUT2D eigenvalue weighted by atomic mass is 10.1. The fourth-order valence-corrected chi connectivity index (χ4v) is 1.68. The van der Waals surface area contributed by atoms with E-state index in [1.165, 1.54) is 13.0 Å². The van der Waals surface area contributed by atoms with Crippen LogP contribution in [0.5, 0.6) is 0 Å². The van der Waals surface area contributed by atoms with Gasteiger partial charge in [-0.25, -0.2) is 0 Å². The first kappa shape index (κ1) is 10.7. The zero-order chi connectivity index (χ0) is 11.7. The van der Waals surface area contributed by atoms with Crippen LogP contribution >= 0.6 is 11.6 Å². The zero-order valence-corrected chi connectivity index (χ0v) is 9.28. The van der Waals surface area contributed by atoms with E-state index in [0.717, 1.165) is 16.5 Å². The van der Waals surface area contributed by atoms with Crippen molar-refractivity contribution < 1.29 is 4.92 Å². The van der Waals surface area contributed by atoms with Gasteiger partial charge in [0.2, 0.25) is 5.70 Å². The standard InChI is InChI=1S/C11H9ClN2O2/c1-7(14(15)16)4-8-6-13-11-3-2-9(12)5-10(8)11/h2-6,13H,1H3. The number of benzene rings is 1. The molecule has 1 aromatic heterocycles. The van der Waals surface area contributed by atoms with Gasteiger partial charge in [-0.15, -0.1) is 0 Å². The number of allylic oxidation sites excluding steroid dienone is 1. The molecule has 1 aromatic carbocycles. The van der Waals surface area contributed by atoms with Crippen LogP contribution in [0.15, 0.2) is 30.1 Å². The third kappa shape index (κ3) is 1.92. The molecule has 0 radical (unpaired) electrons. The first-order valence-corrected chi connectivity index (χ1v) is 5.05. The van der Waals surface area contributed by atoms with E-state index in [1.54, 1.807) is 18.3 Å². The third-order valence-corrected chi connectivity index (χ3v) is 2.56. The molecule has 82 valence electrons. The van der Waals surface area contributed by atoms with Gasteiger partial charge in [0.25, 0.3) is 0 Å². The minimum absolute atomic E-state index is 0.0980. The van der Waals surface area contributed by atoms with E-state index < -0.39 is 4.92 Å². The van der Waals surface area contributed by atoms with Crippen LogP contribution in [0.4, 0.5) is 0 Å². The van der Waals surface area contributed by atoms with Crippen molar-refractivity contribution in [1.82, 2.24) is 4.98 Å². The Morgan fingerprint density at radius 3 is 3.00 bits per heavy atom. The van der Waals surface area contributed by atoms with E-state index in [4.69, 9.17) is 11.6 Å². The highest BCUT2D eigenvalue weighted by Crippen LogP contribution is 2.24. The number of hydrogen-bond acceptors (Lipinski definition) is 2. The van der Waals surface area contributed by atoms with Crippen LogP contribution < -0.4 is 0 Å². The Labute approximate surface area is 96.7 Å². The first-order valence-electron chi connectivity index (χ1n) is 4.67. The van der Waals surface area contributed by atoms with Gasteiger partial charge in [-0.2, -0.15) is 0 Å². The topological polar surface area (TPSA) is 58.9 Å². The number of rotatable bonds is 2. The summed E-state index contributed by atoms with van der Waals surface area (Å²) in [5.74, 6) is 0. The van der Waals surface area contributed by atoms with Gasteiger partial charge < -0.3 is 4.98 Å². The van der Waals surface area contributed by atoms with Crippen molar-refractivity contribution in [1.29, 1.82) is 0 Å². The lowest BCUT2D eigenvalue weighted by Gasteiger charge is -1.93. The smallest absolute Gasteiger partial charge is 0.243 e. The summed E-state index contributed by atoms with van der Waals surface area (Å²) in [6.07, 6.45) is 3.25. The Morgan fingerprint density at radius 1 is 1.56 bits per heavy atom. The number of nitrogens with zero attached hydrogens (tertiary/aromatic N) is 1. The highest BCUT2D eigenvalue weighted by atomic mass is 35.5. The lowest BCUT2D eigenvalue weighted by Crippen LogP contribution is -1.92. The van der Waals surface area contributed by atoms with Crippen molar-refractivity contribution in [3.63, 3.8) is 0 Å². The van der Waals surface area contributed by atoms with Gasteiger partial charge in [0.05, 0.1) is 4.92 Å². The molecule has 0 fully saturated rings. The molecule has 4 nitrogen and oxygen atoms in total. The second kappa shape index (κ2) is 3.98. The largest absolute Gasteiger partial charge is 0.361 e. The number of halogens is 1. The van der Waals surface area contributed by atoms with E-state index >= 15 is 0 Å². The summed E-state index contributed by atoms with van der Waals surface area (Å²) in [5.41, 5.74) is 1.78. The molecule has 0 saturated heterocycles. The predicted octanol–water partition coefficient (Wildman–Crippen LogP) is 3.46. The molecule has 0 aliphatic rings. The van der Waals surface area contributed by atoms with Crippen LogP contribution in [0, 0.1) is 10.1 Å². The molecule has 0 unspecified atom stereocenters. The lowest BCUT2D eigenvalue weighted by molar-refractivity contribution is -0.422. The summed E-state index contributed by atoms with van der Waals surface area (Å²) < 4.78 is 0. The van der Waals surface area contributed by atoms with Crippen molar-refractivity contribution in [3.8, 4) is 0 Å². The van der Waals surface area contributed by atoms with E-state index in [9.17, 15) is 10.1 Å². The number of nitrogens with one attached hydrogen (secondary N) is 1. The molecule has 0 aliphatic heterocycles. The maximum atomic E-state index is 10.5. The molecule has 0 atom stereocenters. The summed E-state index contributed by atoms with van der Waals surface area (Å²) in [6, 6.07) is 5.40. The van der Waals surface area contributed by atoms with Crippen LogP contribution in [0.25, 0.3) is 17.0 Å². The Morgan fingerprint density at radius 2 is 2.31 bits per heavy atom. The molecule has 0 aliphatic carbocycles. The quantitative estimate of drug-likeness (QED) is 0.641. The summed E-state index contributed by atoms with van der Waals surface area (Å²) in [4.78, 5) is 13.2. The van der Waals surface area contributed by atoms with E-state index in [1.807, 2.05) is 6.07 Å². The summed E-state index contributed by atoms with van der Waals surface area (Å²) in [6.45, 7) is 1.46. The predicted molar refractivity (Wildman–Crippen MR) is 64.0 cm³/mol. The maximum Gasteiger partial charge on any atom is 0.243 e. The molecular formula is C11H9ClN2O2. The monoisotopic (exact) mass is 236 g/mol. The summed E-state index contributed by atoms with van der Waals surface area (Å²) in [5, 5.41) is 12.0. The van der Waals surface area contributed by atoms with Crippen molar-refractivity contribution in [3.05, 3.63) is 50.8 Å². The van der Waals surface area contributed by atoms with Gasteiger partial charge >= 0.3 is 0 Å². The minimum atomic E-state index is -0.413. The number of aromatic nitrogens is 1. The van der Waals surface area contributed by atoms with Gasteiger partial charge in [-0.05, 0) is 18.2 Å². The average Bonchev–Trinajstić information content (AvgIpc) is 2.61. The van der Waals surface area contributed by atoms with Crippen LogP contribution in [-0.2, 0) is 0 Å². The van der Waals surface area contributed by atoms with Gasteiger partial charge in [0.1, 0.15) is 0 Å². The number of nitro groups is 1. The molecular weight excluding hydrogens is 228 g/mol. The molecule has 1 heterocycles. The summed E-state index contributed by atoms with van der Waals surface area (Å²) >= 11 is 5.88. The van der Waals surface area contributed by atoms with Crippen molar-refractivity contribution in [2.24, 2.45) is 0 Å². The zero-order valence-electron chi connectivity index (χ0n) is 8.53. The van der Waals surface area contributed by atoms with Crippen LogP contribution in [0.3, 0.4) is 0 Å². The molecule has 5 heteroatoms. The molecule has 2 rings (SSSR count). The van der Waals surface area contributed by atoms with Gasteiger partial charge in [-0.3, -0.25) is 10.1 Å². The fourth-order valence-electron chi connectivity index (χ4n) is 1.51. The molecule has 0 bridgehead atoms. The van der Waals surface area contributed by atoms with Crippen molar-refractivity contribution >= 4 is 28.6 Å². The second-order valence-electron chi connectivity index (χ2n) is 3.48. The maximum absolute atomic E-state index is 10.5. The van der Waals surface area contributed by atoms with Crippen molar-refractivity contribution in [2.75, 3.05) is 0 Å². The molecule has 0 spiro atoms. The molecule has 16 heavy (non-hydrogen) atoms. The summed E-state index contributed by atoms with van der Waals surface area (Å²) in [7, 11) is 0. The normalized spacial score (nSPS) is 12.0. The Hall–Kier alpha value is -1.81. The highest BCUT2D eigenvalue weighted by Gasteiger charge is 2.06. The van der Waals surface area contributed by atoms with E-state index in [0.29, 0.717) is 5.02 Å². The Bertz CT molecular complexity index is 587. The van der Waals surface area contributed by atoms with Gasteiger partial charge in [-0.1, -0.05) is 11.6 Å². The molecule has 1 N–H and O–H groups in total. The average molecular weight is 237 g/mol. The Kier molecular flexibility index (Phi) is 2.66. The first-order chi connectivity index (χ1) is 7.58.